The third-order valence-corrected chi connectivity index (χ3v) is 6.81. The van der Waals surface area contributed by atoms with Gasteiger partial charge in [-0.3, -0.25) is 9.69 Å². The van der Waals surface area contributed by atoms with E-state index in [0.29, 0.717) is 18.2 Å². The van der Waals surface area contributed by atoms with E-state index in [0.717, 1.165) is 22.7 Å². The zero-order valence-electron chi connectivity index (χ0n) is 16.6. The van der Waals surface area contributed by atoms with Crippen molar-refractivity contribution in [2.45, 2.75) is 36.9 Å². The van der Waals surface area contributed by atoms with Gasteiger partial charge in [0.05, 0.1) is 11.4 Å². The molecule has 0 heterocycles. The number of nitrogens with one attached hydrogen (secondary N) is 1. The predicted octanol–water partition coefficient (Wildman–Crippen LogP) is 2.36. The van der Waals surface area contributed by atoms with Crippen LogP contribution in [-0.2, 0) is 27.9 Å². The van der Waals surface area contributed by atoms with E-state index < -0.39 is 10.0 Å². The van der Waals surface area contributed by atoms with Crippen LogP contribution >= 0.6 is 0 Å². The van der Waals surface area contributed by atoms with Crippen LogP contribution in [0.1, 0.15) is 24.0 Å². The number of rotatable bonds is 9. The van der Waals surface area contributed by atoms with Crippen LogP contribution in [0.4, 0.5) is 4.39 Å². The van der Waals surface area contributed by atoms with Crippen molar-refractivity contribution in [2.24, 2.45) is 0 Å². The first-order valence-corrected chi connectivity index (χ1v) is 11.0. The smallest absolute Gasteiger partial charge is 0.242 e. The molecule has 1 aliphatic carbocycles. The van der Waals surface area contributed by atoms with Gasteiger partial charge in [0.2, 0.25) is 15.9 Å². The number of nitrogens with zero attached hydrogens (tertiary/aromatic N) is 2. The van der Waals surface area contributed by atoms with Crippen LogP contribution < -0.4 is 5.32 Å². The third-order valence-electron chi connectivity index (χ3n) is 4.89. The van der Waals surface area contributed by atoms with E-state index in [1.807, 2.05) is 11.0 Å². The van der Waals surface area contributed by atoms with E-state index >= 15 is 0 Å². The molecule has 0 atom stereocenters. The average Bonchev–Trinajstić information content (AvgIpc) is 3.51. The van der Waals surface area contributed by atoms with Gasteiger partial charge in [0.25, 0.3) is 0 Å². The largest absolute Gasteiger partial charge is 0.351 e. The molecule has 0 spiro atoms. The lowest BCUT2D eigenvalue weighted by molar-refractivity contribution is -0.122. The van der Waals surface area contributed by atoms with Gasteiger partial charge in [-0.25, -0.2) is 17.1 Å². The van der Waals surface area contributed by atoms with Crippen LogP contribution in [-0.4, -0.2) is 50.2 Å². The molecule has 6 nitrogen and oxygen atoms in total. The number of sulfonamides is 1. The number of hydrogen-bond donors (Lipinski definition) is 1. The molecule has 0 bridgehead atoms. The van der Waals surface area contributed by atoms with E-state index in [-0.39, 0.29) is 29.7 Å². The van der Waals surface area contributed by atoms with Gasteiger partial charge in [-0.05, 0) is 42.2 Å². The lowest BCUT2D eigenvalue weighted by atomic mass is 10.2. The molecule has 2 aromatic carbocycles. The minimum atomic E-state index is -3.59. The van der Waals surface area contributed by atoms with Crippen molar-refractivity contribution in [3.63, 3.8) is 0 Å². The normalized spacial score (nSPS) is 14.4. The number of amides is 1. The van der Waals surface area contributed by atoms with Crippen LogP contribution in [0.25, 0.3) is 0 Å². The van der Waals surface area contributed by atoms with Crippen LogP contribution in [0, 0.1) is 5.82 Å². The predicted molar refractivity (Wildman–Crippen MR) is 109 cm³/mol. The highest BCUT2D eigenvalue weighted by atomic mass is 32.2. The molecule has 0 saturated heterocycles. The Labute approximate surface area is 171 Å². The lowest BCUT2D eigenvalue weighted by Gasteiger charge is -2.22. The second-order valence-electron chi connectivity index (χ2n) is 7.44. The van der Waals surface area contributed by atoms with Gasteiger partial charge in [-0.2, -0.15) is 0 Å². The molecule has 0 aliphatic heterocycles. The Morgan fingerprint density at radius 1 is 1.14 bits per heavy atom. The Hall–Kier alpha value is -2.29. The minimum absolute atomic E-state index is 0.126. The topological polar surface area (TPSA) is 69.7 Å². The van der Waals surface area contributed by atoms with Crippen molar-refractivity contribution in [1.82, 2.24) is 14.5 Å². The van der Waals surface area contributed by atoms with E-state index in [1.54, 1.807) is 24.3 Å². The first kappa shape index (κ1) is 21.4. The summed E-state index contributed by atoms with van der Waals surface area (Å²) in [6.07, 6.45) is 2.04. The summed E-state index contributed by atoms with van der Waals surface area (Å²) in [5, 5.41) is 2.82. The van der Waals surface area contributed by atoms with Gasteiger partial charge >= 0.3 is 0 Å². The summed E-state index contributed by atoms with van der Waals surface area (Å²) < 4.78 is 39.6. The summed E-state index contributed by atoms with van der Waals surface area (Å²) in [7, 11) is -0.637. The SMILES string of the molecule is CN(C)S(=O)(=O)c1ccccc1CNC(=O)CN(Cc1cccc(F)c1)C1CC1. The van der Waals surface area contributed by atoms with Gasteiger partial charge in [-0.15, -0.1) is 0 Å². The quantitative estimate of drug-likeness (QED) is 0.678. The van der Waals surface area contributed by atoms with Crippen LogP contribution in [0.2, 0.25) is 0 Å². The molecule has 156 valence electrons. The molecule has 3 rings (SSSR count). The number of halogens is 1. The number of carbonyl (C=O) groups is 1. The molecule has 1 amide bonds. The van der Waals surface area contributed by atoms with Crippen molar-refractivity contribution in [1.29, 1.82) is 0 Å². The molecule has 1 fully saturated rings. The van der Waals surface area contributed by atoms with E-state index in [1.165, 1.54) is 32.3 Å². The van der Waals surface area contributed by atoms with Crippen molar-refractivity contribution in [2.75, 3.05) is 20.6 Å². The maximum absolute atomic E-state index is 13.4. The third kappa shape index (κ3) is 5.62. The first-order valence-electron chi connectivity index (χ1n) is 9.53. The molecular weight excluding hydrogens is 393 g/mol. The Morgan fingerprint density at radius 2 is 1.86 bits per heavy atom. The fourth-order valence-corrected chi connectivity index (χ4v) is 4.27. The number of hydrogen-bond acceptors (Lipinski definition) is 4. The van der Waals surface area contributed by atoms with Crippen molar-refractivity contribution < 1.29 is 17.6 Å². The number of carbonyl (C=O) groups excluding carboxylic acids is 1. The van der Waals surface area contributed by atoms with E-state index in [2.05, 4.69) is 5.32 Å². The molecule has 1 N–H and O–H groups in total. The molecule has 0 radical (unpaired) electrons. The Morgan fingerprint density at radius 3 is 2.52 bits per heavy atom. The molecule has 1 saturated carbocycles. The van der Waals surface area contributed by atoms with Gasteiger partial charge in [0.15, 0.2) is 0 Å². The maximum atomic E-state index is 13.4. The fourth-order valence-electron chi connectivity index (χ4n) is 3.16. The van der Waals surface area contributed by atoms with Crippen LogP contribution in [0.15, 0.2) is 53.4 Å². The van der Waals surface area contributed by atoms with Crippen molar-refractivity contribution in [3.8, 4) is 0 Å². The second-order valence-corrected chi connectivity index (χ2v) is 9.56. The van der Waals surface area contributed by atoms with E-state index in [4.69, 9.17) is 0 Å². The summed E-state index contributed by atoms with van der Waals surface area (Å²) in [6, 6.07) is 13.4. The average molecular weight is 420 g/mol. The van der Waals surface area contributed by atoms with Crippen molar-refractivity contribution >= 4 is 15.9 Å². The Bertz CT molecular complexity index is 975. The summed E-state index contributed by atoms with van der Waals surface area (Å²) in [4.78, 5) is 14.7. The highest BCUT2D eigenvalue weighted by Crippen LogP contribution is 2.28. The van der Waals surface area contributed by atoms with Gasteiger partial charge in [0, 0.05) is 33.2 Å². The standard InChI is InChI=1S/C21H26FN3O3S/c1-24(2)29(27,28)20-9-4-3-7-17(20)13-23-21(26)15-25(19-10-11-19)14-16-6-5-8-18(22)12-16/h3-9,12,19H,10-11,13-15H2,1-2H3,(H,23,26). The maximum Gasteiger partial charge on any atom is 0.242 e. The zero-order valence-corrected chi connectivity index (χ0v) is 17.5. The summed E-state index contributed by atoms with van der Waals surface area (Å²) in [5.41, 5.74) is 1.37. The lowest BCUT2D eigenvalue weighted by Crippen LogP contribution is -2.38. The molecule has 8 heteroatoms. The van der Waals surface area contributed by atoms with Crippen LogP contribution in [0.5, 0.6) is 0 Å². The molecule has 0 aromatic heterocycles. The molecule has 1 aliphatic rings. The summed E-state index contributed by atoms with van der Waals surface area (Å²) in [5.74, 6) is -0.480. The first-order chi connectivity index (χ1) is 13.8. The van der Waals surface area contributed by atoms with Crippen LogP contribution in [0.3, 0.4) is 0 Å². The molecule has 2 aromatic rings. The van der Waals surface area contributed by atoms with Crippen molar-refractivity contribution in [3.05, 3.63) is 65.5 Å². The zero-order chi connectivity index (χ0) is 21.0. The monoisotopic (exact) mass is 419 g/mol. The van der Waals surface area contributed by atoms with Gasteiger partial charge in [-0.1, -0.05) is 30.3 Å². The van der Waals surface area contributed by atoms with E-state index in [9.17, 15) is 17.6 Å². The number of benzene rings is 2. The highest BCUT2D eigenvalue weighted by Gasteiger charge is 2.30. The van der Waals surface area contributed by atoms with Gasteiger partial charge < -0.3 is 5.32 Å². The Kier molecular flexibility index (Phi) is 6.66. The summed E-state index contributed by atoms with van der Waals surface area (Å²) >= 11 is 0. The van der Waals surface area contributed by atoms with Gasteiger partial charge in [0.1, 0.15) is 5.82 Å². The molecule has 0 unspecified atom stereocenters. The molecule has 29 heavy (non-hydrogen) atoms. The fraction of sp³-hybridized carbons (Fsp3) is 0.381. The second kappa shape index (κ2) is 9.02. The Balaban J connectivity index is 1.64. The highest BCUT2D eigenvalue weighted by molar-refractivity contribution is 7.89. The molecular formula is C21H26FN3O3S. The summed E-state index contributed by atoms with van der Waals surface area (Å²) in [6.45, 7) is 0.811. The minimum Gasteiger partial charge on any atom is -0.351 e.